The normalized spacial score (nSPS) is 18.2. The fraction of sp³-hybridized carbons (Fsp3) is 0.583. The lowest BCUT2D eigenvalue weighted by atomic mass is 10.1. The third-order valence-corrected chi connectivity index (χ3v) is 4.79. The number of thiophene rings is 1. The van der Waals surface area contributed by atoms with E-state index >= 15 is 0 Å². The summed E-state index contributed by atoms with van der Waals surface area (Å²) in [7, 11) is 0. The van der Waals surface area contributed by atoms with Crippen LogP contribution >= 0.6 is 27.3 Å². The zero-order valence-electron chi connectivity index (χ0n) is 9.91. The fourth-order valence-electron chi connectivity index (χ4n) is 2.09. The quantitative estimate of drug-likeness (QED) is 0.930. The van der Waals surface area contributed by atoms with Gasteiger partial charge in [0.2, 0.25) is 0 Å². The molecule has 1 saturated heterocycles. The molecule has 2 heterocycles. The van der Waals surface area contributed by atoms with E-state index in [1.54, 1.807) is 0 Å². The minimum absolute atomic E-state index is 0.0654. The summed E-state index contributed by atoms with van der Waals surface area (Å²) >= 11 is 4.86. The van der Waals surface area contributed by atoms with Crippen molar-refractivity contribution < 1.29 is 4.79 Å². The highest BCUT2D eigenvalue weighted by atomic mass is 79.9. The Labute approximate surface area is 114 Å². The lowest BCUT2D eigenvalue weighted by Gasteiger charge is -2.31. The molecule has 0 unspecified atom stereocenters. The van der Waals surface area contributed by atoms with Gasteiger partial charge in [-0.05, 0) is 47.4 Å². The van der Waals surface area contributed by atoms with Crippen LogP contribution in [0.15, 0.2) is 15.9 Å². The maximum Gasteiger partial charge on any atom is 0.261 e. The number of hydrogen-bond donors (Lipinski definition) is 1. The van der Waals surface area contributed by atoms with Crippen molar-refractivity contribution >= 4 is 33.2 Å². The van der Waals surface area contributed by atoms with E-state index in [4.69, 9.17) is 0 Å². The first-order valence-electron chi connectivity index (χ1n) is 5.97. The lowest BCUT2D eigenvalue weighted by Crippen LogP contribution is -2.44. The van der Waals surface area contributed by atoms with Crippen molar-refractivity contribution in [2.45, 2.75) is 25.8 Å². The molecule has 1 aromatic rings. The second-order valence-electron chi connectivity index (χ2n) is 4.29. The van der Waals surface area contributed by atoms with Crippen molar-refractivity contribution in [3.63, 3.8) is 0 Å². The topological polar surface area (TPSA) is 32.3 Å². The molecule has 3 nitrogen and oxygen atoms in total. The van der Waals surface area contributed by atoms with E-state index in [1.165, 1.54) is 11.3 Å². The molecule has 1 aliphatic rings. The molecule has 0 radical (unpaired) electrons. The van der Waals surface area contributed by atoms with Gasteiger partial charge in [-0.3, -0.25) is 4.79 Å². The molecule has 17 heavy (non-hydrogen) atoms. The molecule has 0 spiro atoms. The van der Waals surface area contributed by atoms with Gasteiger partial charge in [0.25, 0.3) is 5.91 Å². The summed E-state index contributed by atoms with van der Waals surface area (Å²) in [6, 6.07) is 4.12. The lowest BCUT2D eigenvalue weighted by molar-refractivity contribution is 0.0917. The summed E-state index contributed by atoms with van der Waals surface area (Å²) in [5.41, 5.74) is 0. The molecule has 5 heteroatoms. The monoisotopic (exact) mass is 316 g/mol. The second-order valence-corrected chi connectivity index (χ2v) is 6.75. The fourth-order valence-corrected chi connectivity index (χ4v) is 3.38. The number of carbonyl (C=O) groups excluding carboxylic acids is 1. The number of nitrogens with one attached hydrogen (secondary N) is 1. The predicted molar refractivity (Wildman–Crippen MR) is 74.6 cm³/mol. The van der Waals surface area contributed by atoms with Crippen LogP contribution in [0.25, 0.3) is 0 Å². The first-order chi connectivity index (χ1) is 8.19. The van der Waals surface area contributed by atoms with Crippen molar-refractivity contribution in [2.75, 3.05) is 19.6 Å². The van der Waals surface area contributed by atoms with Gasteiger partial charge in [-0.15, -0.1) is 11.3 Å². The number of amides is 1. The summed E-state index contributed by atoms with van der Waals surface area (Å²) in [5.74, 6) is 0.0654. The summed E-state index contributed by atoms with van der Waals surface area (Å²) in [6.45, 7) is 5.48. The van der Waals surface area contributed by atoms with Crippen molar-refractivity contribution in [2.24, 2.45) is 0 Å². The van der Waals surface area contributed by atoms with Gasteiger partial charge in [0.15, 0.2) is 0 Å². The minimum Gasteiger partial charge on any atom is -0.349 e. The number of likely N-dealkylation sites (tertiary alicyclic amines) is 1. The number of rotatable bonds is 3. The van der Waals surface area contributed by atoms with Gasteiger partial charge in [-0.1, -0.05) is 6.92 Å². The summed E-state index contributed by atoms with van der Waals surface area (Å²) in [4.78, 5) is 15.2. The molecule has 94 valence electrons. The number of carbonyl (C=O) groups is 1. The standard InChI is InChI=1S/C12H17BrN2OS/c1-2-15-7-5-9(6-8-15)14-12(16)10-3-4-11(13)17-10/h3-4,9H,2,5-8H2,1H3,(H,14,16). The molecule has 0 atom stereocenters. The number of hydrogen-bond acceptors (Lipinski definition) is 3. The predicted octanol–water partition coefficient (Wildman–Crippen LogP) is 2.72. The van der Waals surface area contributed by atoms with Crippen molar-refractivity contribution in [3.05, 3.63) is 20.8 Å². The molecule has 1 N–H and O–H groups in total. The first kappa shape index (κ1) is 13.1. The summed E-state index contributed by atoms with van der Waals surface area (Å²) in [5, 5.41) is 3.12. The minimum atomic E-state index is 0.0654. The van der Waals surface area contributed by atoms with Gasteiger partial charge < -0.3 is 10.2 Å². The molecule has 0 aromatic carbocycles. The number of nitrogens with zero attached hydrogens (tertiary/aromatic N) is 1. The highest BCUT2D eigenvalue weighted by molar-refractivity contribution is 9.11. The molecule has 1 aromatic heterocycles. The van der Waals surface area contributed by atoms with Gasteiger partial charge >= 0.3 is 0 Å². The van der Waals surface area contributed by atoms with Crippen LogP contribution in [0, 0.1) is 0 Å². The average molecular weight is 317 g/mol. The first-order valence-corrected chi connectivity index (χ1v) is 7.58. The second kappa shape index (κ2) is 5.98. The third-order valence-electron chi connectivity index (χ3n) is 3.17. The zero-order chi connectivity index (χ0) is 12.3. The van der Waals surface area contributed by atoms with Crippen molar-refractivity contribution in [3.8, 4) is 0 Å². The Hall–Kier alpha value is -0.390. The maximum atomic E-state index is 11.9. The molecular formula is C12H17BrN2OS. The Morgan fingerprint density at radius 2 is 2.24 bits per heavy atom. The van der Waals surface area contributed by atoms with E-state index in [0.29, 0.717) is 6.04 Å². The Morgan fingerprint density at radius 3 is 2.76 bits per heavy atom. The van der Waals surface area contributed by atoms with Crippen LogP contribution in [0.1, 0.15) is 29.4 Å². The van der Waals surface area contributed by atoms with Gasteiger partial charge in [-0.25, -0.2) is 0 Å². The maximum absolute atomic E-state index is 11.9. The number of halogens is 1. The average Bonchev–Trinajstić information content (AvgIpc) is 2.77. The Kier molecular flexibility index (Phi) is 4.59. The van der Waals surface area contributed by atoms with Crippen LogP contribution in [0.5, 0.6) is 0 Å². The van der Waals surface area contributed by atoms with E-state index in [2.05, 4.69) is 33.1 Å². The van der Waals surface area contributed by atoms with Crippen LogP contribution < -0.4 is 5.32 Å². The molecule has 1 fully saturated rings. The van der Waals surface area contributed by atoms with Gasteiger partial charge in [0, 0.05) is 19.1 Å². The van der Waals surface area contributed by atoms with E-state index < -0.39 is 0 Å². The van der Waals surface area contributed by atoms with Crippen LogP contribution in [0.4, 0.5) is 0 Å². The zero-order valence-corrected chi connectivity index (χ0v) is 12.3. The van der Waals surface area contributed by atoms with Gasteiger partial charge in [-0.2, -0.15) is 0 Å². The summed E-state index contributed by atoms with van der Waals surface area (Å²) in [6.07, 6.45) is 2.12. The highest BCUT2D eigenvalue weighted by Crippen LogP contribution is 2.22. The van der Waals surface area contributed by atoms with Crippen LogP contribution in [0.3, 0.4) is 0 Å². The molecule has 1 amide bonds. The molecule has 0 aliphatic carbocycles. The molecule has 0 bridgehead atoms. The van der Waals surface area contributed by atoms with E-state index in [-0.39, 0.29) is 5.91 Å². The van der Waals surface area contributed by atoms with Crippen LogP contribution in [0.2, 0.25) is 0 Å². The molecule has 2 rings (SSSR count). The van der Waals surface area contributed by atoms with E-state index in [0.717, 1.165) is 41.1 Å². The summed E-state index contributed by atoms with van der Waals surface area (Å²) < 4.78 is 1.00. The van der Waals surface area contributed by atoms with Crippen molar-refractivity contribution in [1.82, 2.24) is 10.2 Å². The Morgan fingerprint density at radius 1 is 1.53 bits per heavy atom. The molecule has 1 aliphatic heterocycles. The van der Waals surface area contributed by atoms with Gasteiger partial charge in [0.1, 0.15) is 0 Å². The Bertz CT molecular complexity index is 386. The smallest absolute Gasteiger partial charge is 0.261 e. The van der Waals surface area contributed by atoms with Gasteiger partial charge in [0.05, 0.1) is 8.66 Å². The SMILES string of the molecule is CCN1CCC(NC(=O)c2ccc(Br)s2)CC1. The highest BCUT2D eigenvalue weighted by Gasteiger charge is 2.20. The van der Waals surface area contributed by atoms with Crippen LogP contribution in [-0.2, 0) is 0 Å². The molecular weight excluding hydrogens is 300 g/mol. The molecule has 0 saturated carbocycles. The van der Waals surface area contributed by atoms with E-state index in [9.17, 15) is 4.79 Å². The largest absolute Gasteiger partial charge is 0.349 e. The Balaban J connectivity index is 1.84. The third kappa shape index (κ3) is 3.53. The van der Waals surface area contributed by atoms with E-state index in [1.807, 2.05) is 12.1 Å². The number of piperidine rings is 1. The van der Waals surface area contributed by atoms with Crippen molar-refractivity contribution in [1.29, 1.82) is 0 Å². The van der Waals surface area contributed by atoms with Crippen LogP contribution in [-0.4, -0.2) is 36.5 Å².